The highest BCUT2D eigenvalue weighted by Crippen LogP contribution is 2.55. The summed E-state index contributed by atoms with van der Waals surface area (Å²) in [7, 11) is 0. The van der Waals surface area contributed by atoms with Crippen LogP contribution < -0.4 is 0 Å². The molecule has 13 heavy (non-hydrogen) atoms. The summed E-state index contributed by atoms with van der Waals surface area (Å²) >= 11 is 0. The van der Waals surface area contributed by atoms with Crippen molar-refractivity contribution < 1.29 is 19.7 Å². The molecule has 0 unspecified atom stereocenters. The topological polar surface area (TPSA) is 66.8 Å². The van der Waals surface area contributed by atoms with E-state index in [1.807, 2.05) is 0 Å². The quantitative estimate of drug-likeness (QED) is 0.481. The van der Waals surface area contributed by atoms with Crippen molar-refractivity contribution in [1.82, 2.24) is 0 Å². The normalized spacial score (nSPS) is 58.2. The third-order valence-electron chi connectivity index (χ3n) is 3.90. The van der Waals surface area contributed by atoms with E-state index in [1.54, 1.807) is 0 Å². The maximum Gasteiger partial charge on any atom is 0.309 e. The van der Waals surface area contributed by atoms with Crippen LogP contribution in [0.25, 0.3) is 0 Å². The van der Waals surface area contributed by atoms with E-state index in [9.17, 15) is 15.0 Å². The molecule has 3 fully saturated rings. The van der Waals surface area contributed by atoms with Gasteiger partial charge in [-0.25, -0.2) is 0 Å². The van der Waals surface area contributed by atoms with Crippen molar-refractivity contribution in [2.24, 2.45) is 23.7 Å². The molecule has 3 aliphatic rings. The van der Waals surface area contributed by atoms with Gasteiger partial charge in [-0.3, -0.25) is 4.79 Å². The Morgan fingerprint density at radius 2 is 2.08 bits per heavy atom. The number of hydrogen-bond donors (Lipinski definition) is 2. The molecular weight excluding hydrogens is 172 g/mol. The smallest absolute Gasteiger partial charge is 0.309 e. The van der Waals surface area contributed by atoms with E-state index in [0.29, 0.717) is 13.0 Å². The molecule has 0 aromatic carbocycles. The average Bonchev–Trinajstić information content (AvgIpc) is 2.64. The van der Waals surface area contributed by atoms with Crippen LogP contribution in [0, 0.1) is 23.7 Å². The monoisotopic (exact) mass is 184 g/mol. The Morgan fingerprint density at radius 1 is 1.31 bits per heavy atom. The molecule has 2 N–H and O–H groups in total. The SMILES string of the molecule is O=C1OC[C@H]2[C@H]1[C@H]1C[C@H](O)[C@H]2[C@H]1O. The molecule has 1 heterocycles. The number of fused-ring (bicyclic) bond motifs is 5. The van der Waals surface area contributed by atoms with E-state index in [1.165, 1.54) is 0 Å². The van der Waals surface area contributed by atoms with Gasteiger partial charge in [0.25, 0.3) is 0 Å². The third-order valence-corrected chi connectivity index (χ3v) is 3.90. The molecule has 2 saturated carbocycles. The van der Waals surface area contributed by atoms with Gasteiger partial charge in [0.2, 0.25) is 0 Å². The van der Waals surface area contributed by atoms with Crippen LogP contribution in [0.2, 0.25) is 0 Å². The first kappa shape index (κ1) is 7.76. The van der Waals surface area contributed by atoms with Gasteiger partial charge in [-0.2, -0.15) is 0 Å². The molecule has 0 aromatic rings. The van der Waals surface area contributed by atoms with Gasteiger partial charge >= 0.3 is 5.97 Å². The first-order valence-electron chi connectivity index (χ1n) is 4.73. The molecule has 6 atom stereocenters. The molecule has 1 saturated heterocycles. The Labute approximate surface area is 75.5 Å². The van der Waals surface area contributed by atoms with Crippen LogP contribution >= 0.6 is 0 Å². The highest BCUT2D eigenvalue weighted by molar-refractivity contribution is 5.76. The summed E-state index contributed by atoms with van der Waals surface area (Å²) in [6.45, 7) is 0.388. The first-order chi connectivity index (χ1) is 6.20. The Kier molecular flexibility index (Phi) is 1.34. The van der Waals surface area contributed by atoms with E-state index >= 15 is 0 Å². The largest absolute Gasteiger partial charge is 0.465 e. The second-order valence-corrected chi connectivity index (χ2v) is 4.35. The van der Waals surface area contributed by atoms with E-state index in [0.717, 1.165) is 0 Å². The lowest BCUT2D eigenvalue weighted by Gasteiger charge is -2.23. The number of carbonyl (C=O) groups excluding carboxylic acids is 1. The fraction of sp³-hybridized carbons (Fsp3) is 0.889. The zero-order chi connectivity index (χ0) is 9.16. The number of ether oxygens (including phenoxy) is 1. The predicted octanol–water partition coefficient (Wildman–Crippen LogP) is -0.853. The summed E-state index contributed by atoms with van der Waals surface area (Å²) < 4.78 is 4.94. The number of hydrogen-bond acceptors (Lipinski definition) is 4. The predicted molar refractivity (Wildman–Crippen MR) is 41.5 cm³/mol. The maximum absolute atomic E-state index is 11.3. The first-order valence-corrected chi connectivity index (χ1v) is 4.73. The molecule has 4 nitrogen and oxygen atoms in total. The van der Waals surface area contributed by atoms with Crippen molar-refractivity contribution in [2.75, 3.05) is 6.61 Å². The lowest BCUT2D eigenvalue weighted by atomic mass is 9.80. The van der Waals surface area contributed by atoms with Crippen LogP contribution in [-0.4, -0.2) is 35.0 Å². The van der Waals surface area contributed by atoms with Crippen molar-refractivity contribution in [3.05, 3.63) is 0 Å². The summed E-state index contributed by atoms with van der Waals surface area (Å²) in [5, 5.41) is 19.4. The van der Waals surface area contributed by atoms with Crippen LogP contribution in [0.15, 0.2) is 0 Å². The summed E-state index contributed by atoms with van der Waals surface area (Å²) in [5.74, 6) is -0.426. The van der Waals surface area contributed by atoms with Crippen molar-refractivity contribution in [2.45, 2.75) is 18.6 Å². The van der Waals surface area contributed by atoms with Gasteiger partial charge < -0.3 is 14.9 Å². The second kappa shape index (κ2) is 2.25. The zero-order valence-corrected chi connectivity index (χ0v) is 7.09. The molecule has 1 aliphatic heterocycles. The molecule has 2 bridgehead atoms. The molecule has 0 amide bonds. The van der Waals surface area contributed by atoms with Crippen molar-refractivity contribution in [1.29, 1.82) is 0 Å². The maximum atomic E-state index is 11.3. The lowest BCUT2D eigenvalue weighted by Crippen LogP contribution is -2.31. The van der Waals surface area contributed by atoms with Crippen molar-refractivity contribution in [3.8, 4) is 0 Å². The van der Waals surface area contributed by atoms with Gasteiger partial charge in [-0.05, 0) is 6.42 Å². The fourth-order valence-corrected chi connectivity index (χ4v) is 3.38. The van der Waals surface area contributed by atoms with Gasteiger partial charge in [-0.15, -0.1) is 0 Å². The minimum Gasteiger partial charge on any atom is -0.465 e. The highest BCUT2D eigenvalue weighted by Gasteiger charge is 2.63. The minimum atomic E-state index is -0.488. The molecule has 72 valence electrons. The Balaban J connectivity index is 1.98. The number of esters is 1. The Bertz CT molecular complexity index is 262. The van der Waals surface area contributed by atoms with Crippen molar-refractivity contribution in [3.63, 3.8) is 0 Å². The zero-order valence-electron chi connectivity index (χ0n) is 7.09. The van der Waals surface area contributed by atoms with Crippen LogP contribution in [-0.2, 0) is 9.53 Å². The average molecular weight is 184 g/mol. The van der Waals surface area contributed by atoms with Gasteiger partial charge in [-0.1, -0.05) is 0 Å². The molecule has 0 radical (unpaired) electrons. The number of carbonyl (C=O) groups is 1. The molecular formula is C9H12O4. The fourth-order valence-electron chi connectivity index (χ4n) is 3.38. The number of aliphatic hydroxyl groups is 2. The molecule has 3 rings (SSSR count). The Morgan fingerprint density at radius 3 is 2.85 bits per heavy atom. The van der Waals surface area contributed by atoms with E-state index < -0.39 is 12.2 Å². The van der Waals surface area contributed by atoms with Crippen LogP contribution in [0.3, 0.4) is 0 Å². The van der Waals surface area contributed by atoms with Gasteiger partial charge in [0, 0.05) is 17.8 Å². The van der Waals surface area contributed by atoms with Gasteiger partial charge in [0.15, 0.2) is 0 Å². The van der Waals surface area contributed by atoms with Crippen LogP contribution in [0.5, 0.6) is 0 Å². The lowest BCUT2D eigenvalue weighted by molar-refractivity contribution is -0.143. The number of rotatable bonds is 0. The van der Waals surface area contributed by atoms with Crippen LogP contribution in [0.1, 0.15) is 6.42 Å². The molecule has 0 aromatic heterocycles. The van der Waals surface area contributed by atoms with E-state index in [-0.39, 0.29) is 29.6 Å². The minimum absolute atomic E-state index is 0.0556. The molecule has 2 aliphatic carbocycles. The van der Waals surface area contributed by atoms with Gasteiger partial charge in [0.1, 0.15) is 0 Å². The summed E-state index contributed by atoms with van der Waals surface area (Å²) in [4.78, 5) is 11.3. The highest BCUT2D eigenvalue weighted by atomic mass is 16.5. The number of aliphatic hydroxyl groups excluding tert-OH is 2. The second-order valence-electron chi connectivity index (χ2n) is 4.35. The van der Waals surface area contributed by atoms with E-state index in [2.05, 4.69) is 0 Å². The van der Waals surface area contributed by atoms with E-state index in [4.69, 9.17) is 4.74 Å². The molecule has 4 heteroatoms. The van der Waals surface area contributed by atoms with Crippen LogP contribution in [0.4, 0.5) is 0 Å². The third kappa shape index (κ3) is 0.758. The summed E-state index contributed by atoms with van der Waals surface area (Å²) in [5.41, 5.74) is 0. The summed E-state index contributed by atoms with van der Waals surface area (Å²) in [6, 6.07) is 0. The number of cyclic esters (lactones) is 1. The van der Waals surface area contributed by atoms with Crippen molar-refractivity contribution >= 4 is 5.97 Å². The molecule has 0 spiro atoms. The Hall–Kier alpha value is -0.610. The van der Waals surface area contributed by atoms with Gasteiger partial charge in [0.05, 0.1) is 24.7 Å². The summed E-state index contributed by atoms with van der Waals surface area (Å²) in [6.07, 6.45) is -0.365. The standard InChI is InChI=1S/C9H12O4/c10-5-1-3-6-4(2-13-9(6)12)7(5)8(3)11/h3-8,10-11H,1-2H2/t3-,4+,5+,6-,7+,8+/m1/s1.